The fourth-order valence-electron chi connectivity index (χ4n) is 3.01. The number of nitriles is 1. The summed E-state index contributed by atoms with van der Waals surface area (Å²) in [4.78, 5) is 0. The molecule has 0 amide bonds. The van der Waals surface area contributed by atoms with E-state index in [-0.39, 0.29) is 0 Å². The van der Waals surface area contributed by atoms with E-state index in [1.807, 2.05) is 36.4 Å². The van der Waals surface area contributed by atoms with Crippen molar-refractivity contribution in [1.29, 1.82) is 5.26 Å². The van der Waals surface area contributed by atoms with Gasteiger partial charge in [0.1, 0.15) is 5.75 Å². The summed E-state index contributed by atoms with van der Waals surface area (Å²) in [6, 6.07) is 13.9. The van der Waals surface area contributed by atoms with Crippen LogP contribution in [0.2, 0.25) is 0 Å². The lowest BCUT2D eigenvalue weighted by atomic mass is 9.64. The van der Waals surface area contributed by atoms with Gasteiger partial charge in [0.25, 0.3) is 0 Å². The number of hydrogen-bond acceptors (Lipinski definition) is 3. The van der Waals surface area contributed by atoms with Gasteiger partial charge in [-0.05, 0) is 29.9 Å². The van der Waals surface area contributed by atoms with Gasteiger partial charge in [0, 0.05) is 5.39 Å². The second-order valence-electron chi connectivity index (χ2n) is 5.43. The summed E-state index contributed by atoms with van der Waals surface area (Å²) in [5, 5.41) is 22.0. The lowest BCUT2D eigenvalue weighted by Crippen LogP contribution is -2.34. The van der Waals surface area contributed by atoms with Gasteiger partial charge < -0.3 is 9.84 Å². The average molecular weight is 267 g/mol. The molecule has 1 aliphatic carbocycles. The Morgan fingerprint density at radius 3 is 2.45 bits per heavy atom. The number of aliphatic hydroxyl groups excluding tert-OH is 1. The standard InChI is InChI=1S/C17H17NO2/c1-20-15-8-7-14(12-5-2-3-6-13(12)15)16(19)17(11-18)9-4-10-17/h2-3,5-8,16,19H,4,9-10H2,1H3. The molecule has 1 unspecified atom stereocenters. The first-order valence-corrected chi connectivity index (χ1v) is 6.87. The molecule has 102 valence electrons. The van der Waals surface area contributed by atoms with Crippen LogP contribution in [0.15, 0.2) is 36.4 Å². The van der Waals surface area contributed by atoms with Gasteiger partial charge in [0.2, 0.25) is 0 Å². The average Bonchev–Trinajstić information content (AvgIpc) is 2.45. The topological polar surface area (TPSA) is 53.2 Å². The van der Waals surface area contributed by atoms with E-state index in [9.17, 15) is 10.4 Å². The van der Waals surface area contributed by atoms with Gasteiger partial charge in [0.15, 0.2) is 0 Å². The Bertz CT molecular complexity index is 683. The summed E-state index contributed by atoms with van der Waals surface area (Å²) in [5.41, 5.74) is 0.208. The van der Waals surface area contributed by atoms with Crippen LogP contribution < -0.4 is 4.74 Å². The number of methoxy groups -OCH3 is 1. The van der Waals surface area contributed by atoms with Crippen LogP contribution >= 0.6 is 0 Å². The van der Waals surface area contributed by atoms with Crippen molar-refractivity contribution in [1.82, 2.24) is 0 Å². The highest BCUT2D eigenvalue weighted by Gasteiger charge is 2.45. The summed E-state index contributed by atoms with van der Waals surface area (Å²) in [6.45, 7) is 0. The minimum absolute atomic E-state index is 0.614. The summed E-state index contributed by atoms with van der Waals surface area (Å²) in [7, 11) is 1.64. The molecule has 2 aromatic rings. The molecule has 1 N–H and O–H groups in total. The number of nitrogens with zero attached hydrogens (tertiary/aromatic N) is 1. The Morgan fingerprint density at radius 1 is 1.20 bits per heavy atom. The van der Waals surface area contributed by atoms with Crippen molar-refractivity contribution in [2.24, 2.45) is 5.41 Å². The third-order valence-corrected chi connectivity index (χ3v) is 4.42. The van der Waals surface area contributed by atoms with E-state index in [0.29, 0.717) is 0 Å². The van der Waals surface area contributed by atoms with Crippen LogP contribution in [0.25, 0.3) is 10.8 Å². The van der Waals surface area contributed by atoms with Crippen molar-refractivity contribution < 1.29 is 9.84 Å². The van der Waals surface area contributed by atoms with Crippen molar-refractivity contribution in [3.8, 4) is 11.8 Å². The minimum atomic E-state index is -0.739. The van der Waals surface area contributed by atoms with E-state index in [2.05, 4.69) is 6.07 Å². The Morgan fingerprint density at radius 2 is 1.90 bits per heavy atom. The van der Waals surface area contributed by atoms with Crippen molar-refractivity contribution in [2.45, 2.75) is 25.4 Å². The van der Waals surface area contributed by atoms with Crippen LogP contribution in [-0.4, -0.2) is 12.2 Å². The highest BCUT2D eigenvalue weighted by molar-refractivity contribution is 5.91. The highest BCUT2D eigenvalue weighted by atomic mass is 16.5. The van der Waals surface area contributed by atoms with E-state index in [1.165, 1.54) is 0 Å². The quantitative estimate of drug-likeness (QED) is 0.924. The van der Waals surface area contributed by atoms with Gasteiger partial charge in [-0.2, -0.15) is 5.26 Å². The maximum absolute atomic E-state index is 10.7. The van der Waals surface area contributed by atoms with E-state index in [0.717, 1.165) is 41.3 Å². The van der Waals surface area contributed by atoms with E-state index in [4.69, 9.17) is 4.74 Å². The molecule has 1 atom stereocenters. The molecule has 1 fully saturated rings. The maximum Gasteiger partial charge on any atom is 0.126 e. The zero-order valence-electron chi connectivity index (χ0n) is 11.5. The van der Waals surface area contributed by atoms with Crippen LogP contribution in [0.4, 0.5) is 0 Å². The number of aliphatic hydroxyl groups is 1. The van der Waals surface area contributed by atoms with Crippen molar-refractivity contribution in [3.05, 3.63) is 42.0 Å². The third-order valence-electron chi connectivity index (χ3n) is 4.42. The lowest BCUT2D eigenvalue weighted by Gasteiger charge is -2.39. The fourth-order valence-corrected chi connectivity index (χ4v) is 3.01. The van der Waals surface area contributed by atoms with Crippen LogP contribution in [0.1, 0.15) is 30.9 Å². The molecule has 0 spiro atoms. The predicted molar refractivity (Wildman–Crippen MR) is 77.4 cm³/mol. The van der Waals surface area contributed by atoms with E-state index >= 15 is 0 Å². The largest absolute Gasteiger partial charge is 0.496 e. The SMILES string of the molecule is COc1ccc(C(O)C2(C#N)CCC2)c2ccccc12. The van der Waals surface area contributed by atoms with Gasteiger partial charge in [0.05, 0.1) is 24.7 Å². The van der Waals surface area contributed by atoms with E-state index < -0.39 is 11.5 Å². The smallest absolute Gasteiger partial charge is 0.126 e. The number of ether oxygens (including phenoxy) is 1. The first-order valence-electron chi connectivity index (χ1n) is 6.87. The first kappa shape index (κ1) is 13.0. The molecule has 0 aliphatic heterocycles. The third kappa shape index (κ3) is 1.76. The Labute approximate surface area is 118 Å². The molecule has 3 heteroatoms. The summed E-state index contributed by atoms with van der Waals surface area (Å²) in [5.74, 6) is 0.788. The molecule has 1 aliphatic rings. The molecule has 0 aromatic heterocycles. The Kier molecular flexibility index (Phi) is 3.11. The molecule has 1 saturated carbocycles. The van der Waals surface area contributed by atoms with Crippen LogP contribution in [0, 0.1) is 16.7 Å². The van der Waals surface area contributed by atoms with Crippen LogP contribution in [0.5, 0.6) is 5.75 Å². The maximum atomic E-state index is 10.7. The van der Waals surface area contributed by atoms with Gasteiger partial charge in [-0.15, -0.1) is 0 Å². The number of fused-ring (bicyclic) bond motifs is 1. The number of rotatable bonds is 3. The van der Waals surface area contributed by atoms with Crippen molar-refractivity contribution in [2.75, 3.05) is 7.11 Å². The van der Waals surface area contributed by atoms with Gasteiger partial charge >= 0.3 is 0 Å². The Hall–Kier alpha value is -2.05. The predicted octanol–water partition coefficient (Wildman–Crippen LogP) is 3.58. The summed E-state index contributed by atoms with van der Waals surface area (Å²) < 4.78 is 5.37. The molecule has 3 rings (SSSR count). The van der Waals surface area contributed by atoms with Crippen molar-refractivity contribution >= 4 is 10.8 Å². The zero-order chi connectivity index (χ0) is 14.2. The molecule has 0 heterocycles. The van der Waals surface area contributed by atoms with Crippen molar-refractivity contribution in [3.63, 3.8) is 0 Å². The molecule has 0 saturated heterocycles. The molecule has 0 radical (unpaired) electrons. The monoisotopic (exact) mass is 267 g/mol. The lowest BCUT2D eigenvalue weighted by molar-refractivity contribution is 0.00893. The second kappa shape index (κ2) is 4.81. The number of hydrogen-bond donors (Lipinski definition) is 1. The van der Waals surface area contributed by atoms with Gasteiger partial charge in [-0.25, -0.2) is 0 Å². The molecule has 0 bridgehead atoms. The van der Waals surface area contributed by atoms with Crippen LogP contribution in [0.3, 0.4) is 0 Å². The molecule has 20 heavy (non-hydrogen) atoms. The second-order valence-corrected chi connectivity index (χ2v) is 5.43. The molecular formula is C17H17NO2. The van der Waals surface area contributed by atoms with E-state index in [1.54, 1.807) is 7.11 Å². The molecule has 2 aromatic carbocycles. The summed E-state index contributed by atoms with van der Waals surface area (Å²) in [6.07, 6.45) is 1.81. The molecular weight excluding hydrogens is 250 g/mol. The minimum Gasteiger partial charge on any atom is -0.496 e. The zero-order valence-corrected chi connectivity index (χ0v) is 11.5. The summed E-state index contributed by atoms with van der Waals surface area (Å²) >= 11 is 0. The fraction of sp³-hybridized carbons (Fsp3) is 0.353. The first-order chi connectivity index (χ1) is 9.72. The van der Waals surface area contributed by atoms with Crippen LogP contribution in [-0.2, 0) is 0 Å². The normalized spacial score (nSPS) is 18.1. The van der Waals surface area contributed by atoms with Gasteiger partial charge in [-0.3, -0.25) is 0 Å². The highest BCUT2D eigenvalue weighted by Crippen LogP contribution is 2.51. The Balaban J connectivity index is 2.15. The number of benzene rings is 2. The van der Waals surface area contributed by atoms with Gasteiger partial charge in [-0.1, -0.05) is 36.8 Å². The molecule has 3 nitrogen and oxygen atoms in total.